The van der Waals surface area contributed by atoms with Crippen molar-refractivity contribution in [3.63, 3.8) is 0 Å². The Bertz CT molecular complexity index is 1010. The van der Waals surface area contributed by atoms with Gasteiger partial charge in [-0.3, -0.25) is 9.36 Å². The number of amides is 1. The molecule has 28 heavy (non-hydrogen) atoms. The Kier molecular flexibility index (Phi) is 4.90. The first-order valence-corrected chi connectivity index (χ1v) is 9.71. The number of aromatic nitrogens is 2. The minimum atomic E-state index is 0.0634. The molecule has 144 valence electrons. The summed E-state index contributed by atoms with van der Waals surface area (Å²) in [5, 5.41) is 4.11. The summed E-state index contributed by atoms with van der Waals surface area (Å²) in [6.45, 7) is 6.75. The Morgan fingerprint density at radius 1 is 1.18 bits per heavy atom. The molecule has 1 amide bonds. The number of nitrogens with zero attached hydrogens (tertiary/aromatic N) is 3. The fourth-order valence-corrected chi connectivity index (χ4v) is 4.08. The van der Waals surface area contributed by atoms with Crippen molar-refractivity contribution in [2.45, 2.75) is 39.7 Å². The largest absolute Gasteiger partial charge is 0.360 e. The Balaban J connectivity index is 1.55. The van der Waals surface area contributed by atoms with Crippen LogP contribution < -0.4 is 0 Å². The number of aryl methyl sites for hydroxylation is 2. The van der Waals surface area contributed by atoms with Gasteiger partial charge in [-0.2, -0.15) is 0 Å². The molecular weight excluding hydrogens is 350 g/mol. The number of carbonyl (C=O) groups excluding carboxylic acids is 1. The minimum Gasteiger partial charge on any atom is -0.360 e. The van der Waals surface area contributed by atoms with E-state index >= 15 is 0 Å². The quantitative estimate of drug-likeness (QED) is 0.617. The lowest BCUT2D eigenvalue weighted by molar-refractivity contribution is -0.126. The van der Waals surface area contributed by atoms with Gasteiger partial charge in [-0.25, -0.2) is 0 Å². The van der Waals surface area contributed by atoms with Gasteiger partial charge in [-0.1, -0.05) is 35.5 Å². The normalized spacial score (nSPS) is 17.0. The summed E-state index contributed by atoms with van der Waals surface area (Å²) in [6.07, 6.45) is 5.67. The van der Waals surface area contributed by atoms with Crippen LogP contribution in [0.25, 0.3) is 11.9 Å². The van der Waals surface area contributed by atoms with E-state index in [1.54, 1.807) is 6.08 Å². The molecule has 1 unspecified atom stereocenters. The van der Waals surface area contributed by atoms with E-state index in [0.29, 0.717) is 0 Å². The molecular formula is C23H25N3O2. The first-order chi connectivity index (χ1) is 13.5. The SMILES string of the molecule is Cc1cc(-n2c(C)cc(C=CC(=O)N3CCCC3c3ccccc3)c2C)no1. The maximum atomic E-state index is 12.9. The molecule has 0 aliphatic carbocycles. The molecule has 2 aromatic heterocycles. The van der Waals surface area contributed by atoms with E-state index in [1.807, 2.05) is 60.6 Å². The molecule has 1 aliphatic rings. The first kappa shape index (κ1) is 18.3. The highest BCUT2D eigenvalue weighted by Crippen LogP contribution is 2.32. The van der Waals surface area contributed by atoms with Crippen LogP contribution in [-0.4, -0.2) is 27.1 Å². The lowest BCUT2D eigenvalue weighted by Gasteiger charge is -2.23. The smallest absolute Gasteiger partial charge is 0.247 e. The first-order valence-electron chi connectivity index (χ1n) is 9.71. The van der Waals surface area contributed by atoms with Gasteiger partial charge >= 0.3 is 0 Å². The third-order valence-electron chi connectivity index (χ3n) is 5.44. The molecule has 3 aromatic rings. The number of benzene rings is 1. The third-order valence-corrected chi connectivity index (χ3v) is 5.44. The van der Waals surface area contributed by atoms with Crippen LogP contribution in [0.2, 0.25) is 0 Å². The summed E-state index contributed by atoms with van der Waals surface area (Å²) in [4.78, 5) is 14.9. The zero-order valence-electron chi connectivity index (χ0n) is 16.6. The van der Waals surface area contributed by atoms with Crippen molar-refractivity contribution in [1.82, 2.24) is 14.6 Å². The molecule has 0 N–H and O–H groups in total. The molecule has 1 fully saturated rings. The second kappa shape index (κ2) is 7.50. The molecule has 0 saturated carbocycles. The van der Waals surface area contributed by atoms with Crippen LogP contribution in [0.15, 0.2) is 53.1 Å². The van der Waals surface area contributed by atoms with Crippen molar-refractivity contribution < 1.29 is 9.32 Å². The molecule has 1 atom stereocenters. The van der Waals surface area contributed by atoms with Crippen molar-refractivity contribution in [1.29, 1.82) is 0 Å². The van der Waals surface area contributed by atoms with E-state index in [0.717, 1.165) is 47.9 Å². The number of rotatable bonds is 4. The summed E-state index contributed by atoms with van der Waals surface area (Å²) in [6, 6.07) is 14.4. The molecule has 4 rings (SSSR count). The van der Waals surface area contributed by atoms with Gasteiger partial charge in [0.15, 0.2) is 5.82 Å². The monoisotopic (exact) mass is 375 g/mol. The van der Waals surface area contributed by atoms with E-state index in [2.05, 4.69) is 23.4 Å². The number of carbonyl (C=O) groups is 1. The highest BCUT2D eigenvalue weighted by Gasteiger charge is 2.28. The molecule has 1 aromatic carbocycles. The van der Waals surface area contributed by atoms with E-state index < -0.39 is 0 Å². The Labute approximate surface area is 165 Å². The zero-order chi connectivity index (χ0) is 19.7. The van der Waals surface area contributed by atoms with Crippen LogP contribution in [0.4, 0.5) is 0 Å². The standard InChI is InChI=1S/C23H25N3O2/c1-16-14-20(18(3)26(16)22-15-17(2)28-24-22)11-12-23(27)25-13-7-10-21(25)19-8-5-4-6-9-19/h4-6,8-9,11-12,14-15,21H,7,10,13H2,1-3H3. The summed E-state index contributed by atoms with van der Waals surface area (Å²) in [5.74, 6) is 1.60. The molecule has 0 radical (unpaired) electrons. The fraction of sp³-hybridized carbons (Fsp3) is 0.304. The van der Waals surface area contributed by atoms with Gasteiger partial charge in [0.1, 0.15) is 5.76 Å². The van der Waals surface area contributed by atoms with Crippen LogP contribution >= 0.6 is 0 Å². The summed E-state index contributed by atoms with van der Waals surface area (Å²) in [5.41, 5.74) is 4.32. The minimum absolute atomic E-state index is 0.0634. The van der Waals surface area contributed by atoms with Gasteiger partial charge in [-0.05, 0) is 56.9 Å². The van der Waals surface area contributed by atoms with Crippen molar-refractivity contribution in [3.05, 3.63) is 76.8 Å². The molecule has 5 heteroatoms. The number of likely N-dealkylation sites (tertiary alicyclic amines) is 1. The predicted molar refractivity (Wildman–Crippen MR) is 109 cm³/mol. The highest BCUT2D eigenvalue weighted by atomic mass is 16.5. The summed E-state index contributed by atoms with van der Waals surface area (Å²) < 4.78 is 7.25. The predicted octanol–water partition coefficient (Wildman–Crippen LogP) is 4.77. The van der Waals surface area contributed by atoms with Gasteiger partial charge in [0.05, 0.1) is 6.04 Å². The average molecular weight is 375 g/mol. The molecule has 0 bridgehead atoms. The van der Waals surface area contributed by atoms with Crippen LogP contribution in [0.5, 0.6) is 0 Å². The molecule has 1 aliphatic heterocycles. The van der Waals surface area contributed by atoms with Crippen molar-refractivity contribution >= 4 is 12.0 Å². The van der Waals surface area contributed by atoms with Gasteiger partial charge in [0.25, 0.3) is 0 Å². The average Bonchev–Trinajstić information content (AvgIpc) is 3.40. The Morgan fingerprint density at radius 3 is 2.68 bits per heavy atom. The fourth-order valence-electron chi connectivity index (χ4n) is 4.08. The van der Waals surface area contributed by atoms with Crippen LogP contribution in [0.3, 0.4) is 0 Å². The van der Waals surface area contributed by atoms with Crippen LogP contribution in [-0.2, 0) is 4.79 Å². The van der Waals surface area contributed by atoms with E-state index in [9.17, 15) is 4.79 Å². The van der Waals surface area contributed by atoms with E-state index in [1.165, 1.54) is 5.56 Å². The molecule has 3 heterocycles. The third kappa shape index (κ3) is 3.40. The molecule has 1 saturated heterocycles. The number of hydrogen-bond donors (Lipinski definition) is 0. The van der Waals surface area contributed by atoms with Gasteiger partial charge in [0.2, 0.25) is 5.91 Å². The Morgan fingerprint density at radius 2 is 1.96 bits per heavy atom. The van der Waals surface area contributed by atoms with Crippen LogP contribution in [0.1, 0.15) is 47.2 Å². The summed E-state index contributed by atoms with van der Waals surface area (Å²) in [7, 11) is 0. The van der Waals surface area contributed by atoms with Crippen LogP contribution in [0, 0.1) is 20.8 Å². The highest BCUT2D eigenvalue weighted by molar-refractivity contribution is 5.92. The van der Waals surface area contributed by atoms with E-state index in [-0.39, 0.29) is 11.9 Å². The summed E-state index contributed by atoms with van der Waals surface area (Å²) >= 11 is 0. The maximum absolute atomic E-state index is 12.9. The topological polar surface area (TPSA) is 51.3 Å². The van der Waals surface area contributed by atoms with Gasteiger partial charge < -0.3 is 9.42 Å². The zero-order valence-corrected chi connectivity index (χ0v) is 16.6. The lowest BCUT2D eigenvalue weighted by atomic mass is 10.0. The maximum Gasteiger partial charge on any atom is 0.247 e. The second-order valence-electron chi connectivity index (χ2n) is 7.39. The van der Waals surface area contributed by atoms with Gasteiger partial charge in [0, 0.05) is 30.1 Å². The Hall–Kier alpha value is -3.08. The van der Waals surface area contributed by atoms with Crippen molar-refractivity contribution in [3.8, 4) is 5.82 Å². The molecule has 5 nitrogen and oxygen atoms in total. The second-order valence-corrected chi connectivity index (χ2v) is 7.39. The van der Waals surface area contributed by atoms with Gasteiger partial charge in [-0.15, -0.1) is 0 Å². The number of hydrogen-bond acceptors (Lipinski definition) is 3. The van der Waals surface area contributed by atoms with Crippen molar-refractivity contribution in [2.75, 3.05) is 6.54 Å². The lowest BCUT2D eigenvalue weighted by Crippen LogP contribution is -2.28. The molecule has 0 spiro atoms. The van der Waals surface area contributed by atoms with Crippen molar-refractivity contribution in [2.24, 2.45) is 0 Å². The van der Waals surface area contributed by atoms with E-state index in [4.69, 9.17) is 4.52 Å².